The van der Waals surface area contributed by atoms with E-state index in [2.05, 4.69) is 34.5 Å². The highest BCUT2D eigenvalue weighted by Crippen LogP contribution is 2.13. The van der Waals surface area contributed by atoms with Crippen LogP contribution in [0, 0.1) is 0 Å². The molecule has 1 N–H and O–H groups in total. The third kappa shape index (κ3) is 3.41. The molecule has 6 nitrogen and oxygen atoms in total. The molecular formula is C13H21N5O. The SMILES string of the molecule is CC(C)c1nnc(CN[C@@H](C)[C@@H](C)n2cccn2)o1. The van der Waals surface area contributed by atoms with Crippen molar-refractivity contribution < 1.29 is 4.42 Å². The van der Waals surface area contributed by atoms with Crippen LogP contribution in [0.15, 0.2) is 22.9 Å². The fourth-order valence-corrected chi connectivity index (χ4v) is 1.74. The predicted molar refractivity (Wildman–Crippen MR) is 71.6 cm³/mol. The van der Waals surface area contributed by atoms with Crippen LogP contribution in [0.25, 0.3) is 0 Å². The van der Waals surface area contributed by atoms with Gasteiger partial charge in [-0.25, -0.2) is 0 Å². The van der Waals surface area contributed by atoms with Gasteiger partial charge in [0, 0.05) is 24.4 Å². The van der Waals surface area contributed by atoms with Gasteiger partial charge in [-0.2, -0.15) is 5.10 Å². The lowest BCUT2D eigenvalue weighted by molar-refractivity contribution is 0.342. The van der Waals surface area contributed by atoms with Gasteiger partial charge in [0.25, 0.3) is 0 Å². The minimum Gasteiger partial charge on any atom is -0.424 e. The van der Waals surface area contributed by atoms with Gasteiger partial charge in [-0.1, -0.05) is 13.8 Å². The molecule has 0 saturated heterocycles. The van der Waals surface area contributed by atoms with Gasteiger partial charge in [-0.05, 0) is 19.9 Å². The fourth-order valence-electron chi connectivity index (χ4n) is 1.74. The smallest absolute Gasteiger partial charge is 0.230 e. The zero-order chi connectivity index (χ0) is 13.8. The first-order valence-electron chi connectivity index (χ1n) is 6.62. The second-order valence-electron chi connectivity index (χ2n) is 5.08. The standard InChI is InChI=1S/C13H21N5O/c1-9(2)13-17-16-12(19-13)8-14-10(3)11(4)18-7-5-6-15-18/h5-7,9-11,14H,8H2,1-4H3/t10-,11+/m0/s1. The van der Waals surface area contributed by atoms with Gasteiger partial charge in [0.05, 0.1) is 12.6 Å². The van der Waals surface area contributed by atoms with Gasteiger partial charge in [0.2, 0.25) is 11.8 Å². The van der Waals surface area contributed by atoms with Gasteiger partial charge in [-0.15, -0.1) is 10.2 Å². The first-order valence-corrected chi connectivity index (χ1v) is 6.62. The van der Waals surface area contributed by atoms with Crippen LogP contribution < -0.4 is 5.32 Å². The molecule has 0 fully saturated rings. The predicted octanol–water partition coefficient (Wildman–Crippen LogP) is 2.13. The quantitative estimate of drug-likeness (QED) is 0.864. The molecular weight excluding hydrogens is 242 g/mol. The minimum absolute atomic E-state index is 0.259. The normalized spacial score (nSPS) is 14.8. The van der Waals surface area contributed by atoms with Gasteiger partial charge in [0.1, 0.15) is 0 Å². The average Bonchev–Trinajstić information content (AvgIpc) is 3.05. The molecule has 2 rings (SSSR count). The summed E-state index contributed by atoms with van der Waals surface area (Å²) < 4.78 is 7.49. The van der Waals surface area contributed by atoms with Gasteiger partial charge in [-0.3, -0.25) is 4.68 Å². The molecule has 0 spiro atoms. The number of nitrogens with zero attached hydrogens (tertiary/aromatic N) is 4. The second kappa shape index (κ2) is 5.97. The van der Waals surface area contributed by atoms with Gasteiger partial charge >= 0.3 is 0 Å². The van der Waals surface area contributed by atoms with Gasteiger partial charge in [0.15, 0.2) is 0 Å². The summed E-state index contributed by atoms with van der Waals surface area (Å²) in [5.74, 6) is 1.58. The monoisotopic (exact) mass is 263 g/mol. The number of rotatable bonds is 6. The molecule has 0 saturated carbocycles. The Morgan fingerprint density at radius 2 is 2.05 bits per heavy atom. The van der Waals surface area contributed by atoms with E-state index in [0.717, 1.165) is 0 Å². The molecule has 0 aliphatic heterocycles. The topological polar surface area (TPSA) is 68.8 Å². The van der Waals surface area contributed by atoms with Crippen molar-refractivity contribution in [1.29, 1.82) is 0 Å². The summed E-state index contributed by atoms with van der Waals surface area (Å²) in [6.45, 7) is 8.89. The molecule has 2 heterocycles. The molecule has 0 unspecified atom stereocenters. The van der Waals surface area contributed by atoms with Crippen molar-refractivity contribution in [1.82, 2.24) is 25.3 Å². The summed E-state index contributed by atoms with van der Waals surface area (Å²) in [5, 5.41) is 15.7. The zero-order valence-electron chi connectivity index (χ0n) is 11.9. The van der Waals surface area contributed by atoms with Crippen molar-refractivity contribution >= 4 is 0 Å². The minimum atomic E-state index is 0.259. The fraction of sp³-hybridized carbons (Fsp3) is 0.615. The summed E-state index contributed by atoms with van der Waals surface area (Å²) in [6, 6.07) is 2.45. The van der Waals surface area contributed by atoms with Crippen molar-refractivity contribution in [2.45, 2.75) is 52.2 Å². The summed E-state index contributed by atoms with van der Waals surface area (Å²) in [4.78, 5) is 0. The molecule has 0 radical (unpaired) electrons. The van der Waals surface area contributed by atoms with Crippen LogP contribution in [0.1, 0.15) is 51.4 Å². The first kappa shape index (κ1) is 13.7. The van der Waals surface area contributed by atoms with E-state index in [0.29, 0.717) is 18.3 Å². The molecule has 2 atom stereocenters. The Morgan fingerprint density at radius 1 is 1.26 bits per heavy atom. The molecule has 0 amide bonds. The Bertz CT molecular complexity index is 491. The maximum absolute atomic E-state index is 5.56. The maximum Gasteiger partial charge on any atom is 0.230 e. The largest absolute Gasteiger partial charge is 0.424 e. The number of aromatic nitrogens is 4. The van der Waals surface area contributed by atoms with Crippen molar-refractivity contribution in [3.05, 3.63) is 30.2 Å². The lowest BCUT2D eigenvalue weighted by Gasteiger charge is -2.20. The number of nitrogens with one attached hydrogen (secondary N) is 1. The molecule has 2 aromatic rings. The Balaban J connectivity index is 1.87. The molecule has 0 aliphatic rings. The van der Waals surface area contributed by atoms with Crippen LogP contribution in [-0.2, 0) is 6.54 Å². The third-order valence-corrected chi connectivity index (χ3v) is 3.22. The first-order chi connectivity index (χ1) is 9.08. The van der Waals surface area contributed by atoms with E-state index in [1.807, 2.05) is 30.8 Å². The van der Waals surface area contributed by atoms with Crippen LogP contribution in [-0.4, -0.2) is 26.0 Å². The Kier molecular flexibility index (Phi) is 4.31. The van der Waals surface area contributed by atoms with Crippen molar-refractivity contribution in [2.75, 3.05) is 0 Å². The lowest BCUT2D eigenvalue weighted by atomic mass is 10.2. The molecule has 2 aromatic heterocycles. The summed E-state index contributed by atoms with van der Waals surface area (Å²) in [6.07, 6.45) is 3.75. The van der Waals surface area contributed by atoms with E-state index < -0.39 is 0 Å². The highest BCUT2D eigenvalue weighted by Gasteiger charge is 2.15. The third-order valence-electron chi connectivity index (χ3n) is 3.22. The molecule has 19 heavy (non-hydrogen) atoms. The summed E-state index contributed by atoms with van der Waals surface area (Å²) >= 11 is 0. The number of hydrogen-bond donors (Lipinski definition) is 1. The molecule has 6 heteroatoms. The van der Waals surface area contributed by atoms with Crippen LogP contribution in [0.4, 0.5) is 0 Å². The van der Waals surface area contributed by atoms with E-state index in [1.54, 1.807) is 6.20 Å². The molecule has 0 aromatic carbocycles. The van der Waals surface area contributed by atoms with E-state index in [9.17, 15) is 0 Å². The van der Waals surface area contributed by atoms with Crippen LogP contribution in [0.2, 0.25) is 0 Å². The molecule has 104 valence electrons. The van der Waals surface area contributed by atoms with Crippen LogP contribution >= 0.6 is 0 Å². The summed E-state index contributed by atoms with van der Waals surface area (Å²) in [7, 11) is 0. The molecule has 0 aliphatic carbocycles. The van der Waals surface area contributed by atoms with Crippen LogP contribution in [0.5, 0.6) is 0 Å². The average molecular weight is 263 g/mol. The summed E-state index contributed by atoms with van der Waals surface area (Å²) in [5.41, 5.74) is 0. The van der Waals surface area contributed by atoms with E-state index in [-0.39, 0.29) is 18.0 Å². The van der Waals surface area contributed by atoms with Crippen molar-refractivity contribution in [3.63, 3.8) is 0 Å². The lowest BCUT2D eigenvalue weighted by Crippen LogP contribution is -2.33. The van der Waals surface area contributed by atoms with E-state index in [1.165, 1.54) is 0 Å². The maximum atomic E-state index is 5.56. The zero-order valence-corrected chi connectivity index (χ0v) is 11.9. The van der Waals surface area contributed by atoms with Crippen molar-refractivity contribution in [2.24, 2.45) is 0 Å². The van der Waals surface area contributed by atoms with E-state index in [4.69, 9.17) is 4.42 Å². The second-order valence-corrected chi connectivity index (χ2v) is 5.08. The molecule has 0 bridgehead atoms. The Labute approximate surface area is 113 Å². The van der Waals surface area contributed by atoms with Crippen LogP contribution in [0.3, 0.4) is 0 Å². The van der Waals surface area contributed by atoms with Crippen molar-refractivity contribution in [3.8, 4) is 0 Å². The highest BCUT2D eigenvalue weighted by molar-refractivity contribution is 4.88. The van der Waals surface area contributed by atoms with E-state index >= 15 is 0 Å². The Hall–Kier alpha value is -1.69. The highest BCUT2D eigenvalue weighted by atomic mass is 16.4. The Morgan fingerprint density at radius 3 is 2.63 bits per heavy atom. The van der Waals surface area contributed by atoms with Gasteiger partial charge < -0.3 is 9.73 Å². The number of hydrogen-bond acceptors (Lipinski definition) is 5.